The molecule has 2 aromatic carbocycles. The summed E-state index contributed by atoms with van der Waals surface area (Å²) in [6, 6.07) is 3.43. The molecule has 0 spiro atoms. The summed E-state index contributed by atoms with van der Waals surface area (Å²) in [5, 5.41) is 0. The number of carbonyl (C=O) groups excluding carboxylic acids is 2. The van der Waals surface area contributed by atoms with Gasteiger partial charge in [-0.25, -0.2) is 9.59 Å². The van der Waals surface area contributed by atoms with Crippen LogP contribution in [0.5, 0.6) is 0 Å². The highest BCUT2D eigenvalue weighted by Crippen LogP contribution is 2.44. The van der Waals surface area contributed by atoms with Crippen molar-refractivity contribution in [2.24, 2.45) is 0 Å². The zero-order chi connectivity index (χ0) is 28.6. The Labute approximate surface area is 216 Å². The van der Waals surface area contributed by atoms with Gasteiger partial charge in [-0.2, -0.15) is 26.3 Å². The summed E-state index contributed by atoms with van der Waals surface area (Å²) in [6.07, 6.45) is -11.5. The molecule has 6 nitrogen and oxygen atoms in total. The van der Waals surface area contributed by atoms with Crippen molar-refractivity contribution in [2.45, 2.75) is 65.1 Å². The van der Waals surface area contributed by atoms with E-state index in [-0.39, 0.29) is 24.7 Å². The normalized spacial score (nSPS) is 17.6. The van der Waals surface area contributed by atoms with E-state index >= 15 is 0 Å². The predicted octanol–water partition coefficient (Wildman–Crippen LogP) is 7.41. The first-order valence-corrected chi connectivity index (χ1v) is 11.8. The number of halogens is 6. The fraction of sp³-hybridized carbons (Fsp3) is 0.462. The Balaban J connectivity index is 2.17. The van der Waals surface area contributed by atoms with Crippen molar-refractivity contribution < 1.29 is 45.4 Å². The number of hydrogen-bond donors (Lipinski definition) is 0. The number of nitrogens with zero attached hydrogens (tertiary/aromatic N) is 2. The van der Waals surface area contributed by atoms with Crippen LogP contribution in [-0.2, 0) is 28.4 Å². The molecular formula is C26H28F6N2O4. The molecule has 38 heavy (non-hydrogen) atoms. The van der Waals surface area contributed by atoms with Crippen LogP contribution in [-0.4, -0.2) is 36.8 Å². The molecule has 0 fully saturated rings. The monoisotopic (exact) mass is 546 g/mol. The average molecular weight is 547 g/mol. The van der Waals surface area contributed by atoms with Gasteiger partial charge in [0.05, 0.1) is 36.6 Å². The van der Waals surface area contributed by atoms with E-state index in [0.717, 1.165) is 17.6 Å². The molecule has 2 aromatic rings. The number of hydrogen-bond acceptors (Lipinski definition) is 4. The van der Waals surface area contributed by atoms with E-state index in [1.165, 1.54) is 4.90 Å². The van der Waals surface area contributed by atoms with Gasteiger partial charge >= 0.3 is 24.5 Å². The number of ether oxygens (including phenoxy) is 2. The van der Waals surface area contributed by atoms with Crippen molar-refractivity contribution in [3.63, 3.8) is 0 Å². The van der Waals surface area contributed by atoms with E-state index in [2.05, 4.69) is 0 Å². The van der Waals surface area contributed by atoms with E-state index < -0.39 is 54.3 Å². The summed E-state index contributed by atoms with van der Waals surface area (Å²) in [5.74, 6) is 0. The highest BCUT2D eigenvalue weighted by Gasteiger charge is 2.41. The largest absolute Gasteiger partial charge is 0.453 e. The lowest BCUT2D eigenvalue weighted by atomic mass is 9.87. The number of methoxy groups -OCH3 is 1. The first-order chi connectivity index (χ1) is 17.6. The van der Waals surface area contributed by atoms with Gasteiger partial charge in [0.15, 0.2) is 0 Å². The molecule has 2 atom stereocenters. The third-order valence-electron chi connectivity index (χ3n) is 6.33. The summed E-state index contributed by atoms with van der Waals surface area (Å²) in [4.78, 5) is 28.3. The minimum absolute atomic E-state index is 0.0356. The minimum Gasteiger partial charge on any atom is -0.453 e. The van der Waals surface area contributed by atoms with Gasteiger partial charge in [0.2, 0.25) is 0 Å². The molecule has 0 radical (unpaired) electrons. The SMILES string of the molecule is CCOC(=O)N1c2c(C)cc(C)cc2C(N(Cc2cc(C(F)(F)F)cc(C(F)(F)F)c2)C(=O)OC)CC1C. The summed E-state index contributed by atoms with van der Waals surface area (Å²) in [7, 11) is 1.07. The van der Waals surface area contributed by atoms with E-state index in [1.54, 1.807) is 33.8 Å². The maximum absolute atomic E-state index is 13.4. The summed E-state index contributed by atoms with van der Waals surface area (Å²) < 4.78 is 90.8. The van der Waals surface area contributed by atoms with Gasteiger partial charge in [-0.05, 0) is 69.0 Å². The molecule has 0 saturated heterocycles. The van der Waals surface area contributed by atoms with E-state index in [9.17, 15) is 35.9 Å². The average Bonchev–Trinajstić information content (AvgIpc) is 2.80. The van der Waals surface area contributed by atoms with Gasteiger partial charge in [0.25, 0.3) is 0 Å². The molecule has 0 N–H and O–H groups in total. The standard InChI is InChI=1S/C26H28F6N2O4/c1-6-38-24(36)34-16(4)9-21(20-8-14(2)7-15(3)22(20)34)33(23(35)37-5)13-17-10-18(25(27,28)29)12-19(11-17)26(30,31)32/h7-8,10-12,16,21H,6,9,13H2,1-5H3. The Morgan fingerprint density at radius 3 is 2.08 bits per heavy atom. The Kier molecular flexibility index (Phi) is 8.23. The third-order valence-corrected chi connectivity index (χ3v) is 6.33. The molecule has 1 aliphatic heterocycles. The van der Waals surface area contributed by atoms with Crippen LogP contribution in [0.3, 0.4) is 0 Å². The van der Waals surface area contributed by atoms with Crippen LogP contribution in [0, 0.1) is 13.8 Å². The number of carbonyl (C=O) groups is 2. The second kappa shape index (κ2) is 10.7. The highest BCUT2D eigenvalue weighted by atomic mass is 19.4. The van der Waals surface area contributed by atoms with E-state index in [4.69, 9.17) is 9.47 Å². The van der Waals surface area contributed by atoms with E-state index in [1.807, 2.05) is 6.07 Å². The Morgan fingerprint density at radius 2 is 1.58 bits per heavy atom. The van der Waals surface area contributed by atoms with Crippen molar-refractivity contribution in [1.82, 2.24) is 4.90 Å². The van der Waals surface area contributed by atoms with Gasteiger partial charge in [-0.1, -0.05) is 17.7 Å². The molecule has 2 amide bonds. The maximum atomic E-state index is 13.4. The summed E-state index contributed by atoms with van der Waals surface area (Å²) in [5.41, 5.74) is -0.895. The van der Waals surface area contributed by atoms with Gasteiger partial charge in [0.1, 0.15) is 0 Å². The van der Waals surface area contributed by atoms with Crippen LogP contribution >= 0.6 is 0 Å². The number of amides is 2. The molecule has 0 saturated carbocycles. The minimum atomic E-state index is -5.04. The van der Waals surface area contributed by atoms with Crippen molar-refractivity contribution in [3.8, 4) is 0 Å². The van der Waals surface area contributed by atoms with Crippen LogP contribution in [0.1, 0.15) is 59.7 Å². The number of rotatable bonds is 4. The van der Waals surface area contributed by atoms with Crippen LogP contribution in [0.2, 0.25) is 0 Å². The molecular weight excluding hydrogens is 518 g/mol. The molecule has 0 bridgehead atoms. The molecule has 0 aromatic heterocycles. The quantitative estimate of drug-likeness (QED) is 0.375. The summed E-state index contributed by atoms with van der Waals surface area (Å²) in [6.45, 7) is 6.45. The van der Waals surface area contributed by atoms with Crippen LogP contribution in [0.25, 0.3) is 0 Å². The molecule has 1 aliphatic rings. The third kappa shape index (κ3) is 5.99. The van der Waals surface area contributed by atoms with Crippen LogP contribution in [0.4, 0.5) is 41.6 Å². The lowest BCUT2D eigenvalue weighted by Gasteiger charge is -2.43. The lowest BCUT2D eigenvalue weighted by Crippen LogP contribution is -2.48. The fourth-order valence-corrected chi connectivity index (χ4v) is 4.84. The molecule has 1 heterocycles. The van der Waals surface area contributed by atoms with Gasteiger partial charge in [-0.3, -0.25) is 9.80 Å². The van der Waals surface area contributed by atoms with Crippen LogP contribution in [0.15, 0.2) is 30.3 Å². The molecule has 2 unspecified atom stereocenters. The predicted molar refractivity (Wildman–Crippen MR) is 127 cm³/mol. The van der Waals surface area contributed by atoms with Crippen molar-refractivity contribution in [3.05, 3.63) is 63.7 Å². The second-order valence-corrected chi connectivity index (χ2v) is 9.20. The number of aryl methyl sites for hydroxylation is 2. The second-order valence-electron chi connectivity index (χ2n) is 9.20. The fourth-order valence-electron chi connectivity index (χ4n) is 4.84. The number of alkyl halides is 6. The number of fused-ring (bicyclic) bond motifs is 1. The van der Waals surface area contributed by atoms with Gasteiger partial charge in [0, 0.05) is 12.6 Å². The van der Waals surface area contributed by atoms with Crippen molar-refractivity contribution >= 4 is 17.9 Å². The van der Waals surface area contributed by atoms with Gasteiger partial charge in [-0.15, -0.1) is 0 Å². The first-order valence-electron chi connectivity index (χ1n) is 11.8. The Morgan fingerprint density at radius 1 is 1.00 bits per heavy atom. The molecule has 208 valence electrons. The topological polar surface area (TPSA) is 59.1 Å². The number of benzene rings is 2. The smallest absolute Gasteiger partial charge is 0.416 e. The zero-order valence-electron chi connectivity index (χ0n) is 21.5. The molecule has 3 rings (SSSR count). The number of anilines is 1. The van der Waals surface area contributed by atoms with Gasteiger partial charge < -0.3 is 9.47 Å². The summed E-state index contributed by atoms with van der Waals surface area (Å²) >= 11 is 0. The van der Waals surface area contributed by atoms with Crippen LogP contribution < -0.4 is 4.90 Å². The zero-order valence-corrected chi connectivity index (χ0v) is 21.5. The van der Waals surface area contributed by atoms with E-state index in [0.29, 0.717) is 28.9 Å². The maximum Gasteiger partial charge on any atom is 0.416 e. The molecule has 12 heteroatoms. The van der Waals surface area contributed by atoms with Crippen molar-refractivity contribution in [1.29, 1.82) is 0 Å². The molecule has 0 aliphatic carbocycles. The Bertz CT molecular complexity index is 1180. The Hall–Kier alpha value is -3.44. The lowest BCUT2D eigenvalue weighted by molar-refractivity contribution is -0.143. The highest BCUT2D eigenvalue weighted by molar-refractivity contribution is 5.91. The first kappa shape index (κ1) is 29.1. The van der Waals surface area contributed by atoms with Crippen molar-refractivity contribution in [2.75, 3.05) is 18.6 Å².